The summed E-state index contributed by atoms with van der Waals surface area (Å²) in [6.45, 7) is 5.29. The second kappa shape index (κ2) is 9.34. The van der Waals surface area contributed by atoms with E-state index in [4.69, 9.17) is 14.2 Å². The van der Waals surface area contributed by atoms with E-state index in [-0.39, 0.29) is 17.9 Å². The van der Waals surface area contributed by atoms with E-state index in [2.05, 4.69) is 10.6 Å². The van der Waals surface area contributed by atoms with Crippen LogP contribution in [0.25, 0.3) is 0 Å². The summed E-state index contributed by atoms with van der Waals surface area (Å²) in [5, 5.41) is 5.84. The van der Waals surface area contributed by atoms with Gasteiger partial charge in [-0.25, -0.2) is 0 Å². The van der Waals surface area contributed by atoms with E-state index in [1.54, 1.807) is 31.2 Å². The third-order valence-electron chi connectivity index (χ3n) is 5.01. The first kappa shape index (κ1) is 21.1. The Morgan fingerprint density at radius 2 is 1.74 bits per heavy atom. The monoisotopic (exact) mass is 440 g/mol. The van der Waals surface area contributed by atoms with E-state index in [0.717, 1.165) is 11.3 Å². The molecule has 2 amide bonds. The third kappa shape index (κ3) is 4.80. The van der Waals surface area contributed by atoms with Gasteiger partial charge >= 0.3 is 0 Å². The Balaban J connectivity index is 1.48. The van der Waals surface area contributed by atoms with Crippen molar-refractivity contribution in [2.75, 3.05) is 30.9 Å². The Labute approximate surface area is 185 Å². The molecule has 0 spiro atoms. The maximum Gasteiger partial charge on any atom is 0.265 e. The van der Waals surface area contributed by atoms with Crippen molar-refractivity contribution in [3.63, 3.8) is 0 Å². The highest BCUT2D eigenvalue weighted by Gasteiger charge is 2.22. The lowest BCUT2D eigenvalue weighted by molar-refractivity contribution is -0.112. The van der Waals surface area contributed by atoms with Gasteiger partial charge in [0.25, 0.3) is 11.8 Å². The molecule has 0 aliphatic carbocycles. The minimum Gasteiger partial charge on any atom is -0.496 e. The van der Waals surface area contributed by atoms with Crippen molar-refractivity contribution in [3.05, 3.63) is 64.3 Å². The van der Waals surface area contributed by atoms with Gasteiger partial charge in [0.05, 0.1) is 23.9 Å². The molecule has 0 bridgehead atoms. The van der Waals surface area contributed by atoms with Crippen molar-refractivity contribution in [2.24, 2.45) is 0 Å². The van der Waals surface area contributed by atoms with Crippen LogP contribution < -0.4 is 20.1 Å². The van der Waals surface area contributed by atoms with Crippen LogP contribution in [-0.4, -0.2) is 37.4 Å². The number of hydrogen-bond donors (Lipinski definition) is 2. The molecule has 0 aromatic heterocycles. The Morgan fingerprint density at radius 1 is 0.968 bits per heavy atom. The lowest BCUT2D eigenvalue weighted by Gasteiger charge is -2.21. The number of ether oxygens (including phenoxy) is 3. The number of hydrogen-bond acceptors (Lipinski definition) is 6. The molecule has 0 unspecified atom stereocenters. The number of para-hydroxylation sites is 1. The fourth-order valence-electron chi connectivity index (χ4n) is 3.39. The maximum atomic E-state index is 13.0. The zero-order valence-corrected chi connectivity index (χ0v) is 18.2. The van der Waals surface area contributed by atoms with Crippen molar-refractivity contribution in [1.82, 2.24) is 5.32 Å². The summed E-state index contributed by atoms with van der Waals surface area (Å²) >= 11 is 1.45. The summed E-state index contributed by atoms with van der Waals surface area (Å²) < 4.78 is 16.7. The molecule has 4 rings (SSSR count). The van der Waals surface area contributed by atoms with Crippen LogP contribution in [0.4, 0.5) is 5.69 Å². The van der Waals surface area contributed by atoms with Crippen LogP contribution in [-0.2, 0) is 9.53 Å². The fourth-order valence-corrected chi connectivity index (χ4v) is 4.20. The number of rotatable bonds is 5. The van der Waals surface area contributed by atoms with E-state index < -0.39 is 0 Å². The lowest BCUT2D eigenvalue weighted by atomic mass is 10.1. The summed E-state index contributed by atoms with van der Waals surface area (Å²) in [5.41, 5.74) is 1.74. The second-order valence-electron chi connectivity index (χ2n) is 7.18. The van der Waals surface area contributed by atoms with Gasteiger partial charge < -0.3 is 24.8 Å². The summed E-state index contributed by atoms with van der Waals surface area (Å²) in [5.74, 6) is 2.14. The van der Waals surface area contributed by atoms with Crippen LogP contribution in [0, 0.1) is 0 Å². The number of benzene rings is 2. The van der Waals surface area contributed by atoms with Gasteiger partial charge in [0, 0.05) is 5.75 Å². The highest BCUT2D eigenvalue weighted by molar-refractivity contribution is 8.04. The van der Waals surface area contributed by atoms with Gasteiger partial charge in [0.2, 0.25) is 0 Å². The lowest BCUT2D eigenvalue weighted by Crippen LogP contribution is -2.28. The molecule has 2 aliphatic rings. The number of carbonyl (C=O) groups excluding carboxylic acids is 2. The molecule has 0 radical (unpaired) electrons. The van der Waals surface area contributed by atoms with E-state index >= 15 is 0 Å². The molecule has 2 heterocycles. The van der Waals surface area contributed by atoms with Gasteiger partial charge in [0.15, 0.2) is 11.5 Å². The van der Waals surface area contributed by atoms with Crippen molar-refractivity contribution in [1.29, 1.82) is 0 Å². The minimum absolute atomic E-state index is 0.265. The first-order chi connectivity index (χ1) is 15.0. The number of allylic oxidation sites excluding steroid dienone is 1. The number of anilines is 1. The fraction of sp³-hybridized carbons (Fsp3) is 0.304. The SMILES string of the molecule is CC1=C(C(=O)Nc2ccccc2C(=O)N[C@H](C)c2ccc3c(c2)OCCO3)SCCO1. The number of carbonyl (C=O) groups is 2. The normalized spacial score (nSPS) is 16.2. The van der Waals surface area contributed by atoms with E-state index in [0.29, 0.717) is 53.2 Å². The first-order valence-corrected chi connectivity index (χ1v) is 11.1. The van der Waals surface area contributed by atoms with Gasteiger partial charge in [-0.1, -0.05) is 18.2 Å². The highest BCUT2D eigenvalue weighted by Crippen LogP contribution is 2.33. The minimum atomic E-state index is -0.281. The molecule has 1 atom stereocenters. The molecule has 7 nitrogen and oxygen atoms in total. The summed E-state index contributed by atoms with van der Waals surface area (Å²) in [7, 11) is 0. The van der Waals surface area contributed by atoms with E-state index in [1.807, 2.05) is 25.1 Å². The molecule has 8 heteroatoms. The second-order valence-corrected chi connectivity index (χ2v) is 8.29. The van der Waals surface area contributed by atoms with Crippen LogP contribution in [0.2, 0.25) is 0 Å². The van der Waals surface area contributed by atoms with E-state index in [9.17, 15) is 9.59 Å². The zero-order valence-electron chi connectivity index (χ0n) is 17.4. The predicted molar refractivity (Wildman–Crippen MR) is 119 cm³/mol. The van der Waals surface area contributed by atoms with Gasteiger partial charge in [-0.15, -0.1) is 11.8 Å². The third-order valence-corrected chi connectivity index (χ3v) is 6.14. The average Bonchev–Trinajstić information content (AvgIpc) is 2.79. The molecule has 0 fully saturated rings. The smallest absolute Gasteiger partial charge is 0.265 e. The Kier molecular flexibility index (Phi) is 6.36. The largest absolute Gasteiger partial charge is 0.496 e. The van der Waals surface area contributed by atoms with Crippen LogP contribution in [0.3, 0.4) is 0 Å². The molecule has 2 aromatic carbocycles. The number of amides is 2. The number of nitrogens with one attached hydrogen (secondary N) is 2. The number of thioether (sulfide) groups is 1. The topological polar surface area (TPSA) is 85.9 Å². The molecule has 0 saturated carbocycles. The molecular weight excluding hydrogens is 416 g/mol. The van der Waals surface area contributed by atoms with Crippen molar-refractivity contribution in [2.45, 2.75) is 19.9 Å². The standard InChI is InChI=1S/C23H24N2O5S/c1-14(16-7-8-19-20(13-16)30-10-9-29-19)24-22(26)17-5-3-4-6-18(17)25-23(27)21-15(2)28-11-12-31-21/h3-8,13-14H,9-12H2,1-2H3,(H,24,26)(H,25,27)/t14-/m1/s1. The van der Waals surface area contributed by atoms with Crippen molar-refractivity contribution >= 4 is 29.3 Å². The zero-order chi connectivity index (χ0) is 21.8. The maximum absolute atomic E-state index is 13.0. The predicted octanol–water partition coefficient (Wildman–Crippen LogP) is 3.88. The average molecular weight is 441 g/mol. The molecule has 31 heavy (non-hydrogen) atoms. The van der Waals surface area contributed by atoms with Gasteiger partial charge in [-0.05, 0) is 43.7 Å². The van der Waals surface area contributed by atoms with E-state index in [1.165, 1.54) is 11.8 Å². The summed E-state index contributed by atoms with van der Waals surface area (Å²) in [6, 6.07) is 12.3. The van der Waals surface area contributed by atoms with Crippen molar-refractivity contribution < 1.29 is 23.8 Å². The quantitative estimate of drug-likeness (QED) is 0.734. The molecule has 2 N–H and O–H groups in total. The van der Waals surface area contributed by atoms with Gasteiger partial charge in [0.1, 0.15) is 23.9 Å². The molecule has 162 valence electrons. The van der Waals surface area contributed by atoms with Crippen LogP contribution >= 0.6 is 11.8 Å². The Bertz CT molecular complexity index is 1040. The highest BCUT2D eigenvalue weighted by atomic mass is 32.2. The summed E-state index contributed by atoms with van der Waals surface area (Å²) in [6.07, 6.45) is 0. The first-order valence-electron chi connectivity index (χ1n) is 10.1. The van der Waals surface area contributed by atoms with Gasteiger partial charge in [-0.2, -0.15) is 0 Å². The molecule has 2 aliphatic heterocycles. The van der Waals surface area contributed by atoms with Crippen LogP contribution in [0.5, 0.6) is 11.5 Å². The molecular formula is C23H24N2O5S. The number of fused-ring (bicyclic) bond motifs is 1. The Morgan fingerprint density at radius 3 is 2.55 bits per heavy atom. The van der Waals surface area contributed by atoms with Crippen molar-refractivity contribution in [3.8, 4) is 11.5 Å². The summed E-state index contributed by atoms with van der Waals surface area (Å²) in [4.78, 5) is 26.2. The van der Waals surface area contributed by atoms with Crippen LogP contribution in [0.1, 0.15) is 35.8 Å². The Hall–Kier alpha value is -3.13. The van der Waals surface area contributed by atoms with Crippen LogP contribution in [0.15, 0.2) is 53.1 Å². The molecule has 2 aromatic rings. The van der Waals surface area contributed by atoms with Gasteiger partial charge in [-0.3, -0.25) is 9.59 Å². The molecule has 0 saturated heterocycles.